The molecule has 0 saturated carbocycles. The third-order valence-corrected chi connectivity index (χ3v) is 6.09. The Hall–Kier alpha value is -2.51. The van der Waals surface area contributed by atoms with Crippen LogP contribution in [0.5, 0.6) is 0 Å². The highest BCUT2D eigenvalue weighted by molar-refractivity contribution is 5.86. The highest BCUT2D eigenvalue weighted by Crippen LogP contribution is 2.39. The zero-order valence-corrected chi connectivity index (χ0v) is 15.3. The summed E-state index contributed by atoms with van der Waals surface area (Å²) >= 11 is 0. The largest absolute Gasteiger partial charge is 0.383 e. The van der Waals surface area contributed by atoms with Crippen molar-refractivity contribution in [2.24, 2.45) is 0 Å². The van der Waals surface area contributed by atoms with Crippen molar-refractivity contribution in [3.05, 3.63) is 48.4 Å². The SMILES string of the molecule is O[C@]1(c2ccccc2)CCN(c2ncnc3[nH]ncc23)C[C@H]1N1CCCC1. The van der Waals surface area contributed by atoms with Gasteiger partial charge in [0.25, 0.3) is 0 Å². The van der Waals surface area contributed by atoms with E-state index in [1.807, 2.05) is 18.2 Å². The zero-order valence-electron chi connectivity index (χ0n) is 15.3. The lowest BCUT2D eigenvalue weighted by Gasteiger charge is -2.49. The lowest BCUT2D eigenvalue weighted by Crippen LogP contribution is -2.60. The van der Waals surface area contributed by atoms with Crippen molar-refractivity contribution in [2.75, 3.05) is 31.1 Å². The van der Waals surface area contributed by atoms with Gasteiger partial charge in [0.1, 0.15) is 17.7 Å². The number of aliphatic hydroxyl groups is 1. The van der Waals surface area contributed by atoms with Crippen LogP contribution in [0.1, 0.15) is 24.8 Å². The molecule has 0 radical (unpaired) electrons. The molecule has 0 amide bonds. The fourth-order valence-electron chi connectivity index (χ4n) is 4.65. The van der Waals surface area contributed by atoms with E-state index in [1.54, 1.807) is 12.5 Å². The number of piperidine rings is 1. The molecule has 2 atom stereocenters. The van der Waals surface area contributed by atoms with Crippen LogP contribution in [0.25, 0.3) is 11.0 Å². The molecule has 7 nitrogen and oxygen atoms in total. The Labute approximate surface area is 158 Å². The van der Waals surface area contributed by atoms with E-state index < -0.39 is 5.60 Å². The van der Waals surface area contributed by atoms with E-state index in [-0.39, 0.29) is 6.04 Å². The van der Waals surface area contributed by atoms with Gasteiger partial charge < -0.3 is 10.0 Å². The summed E-state index contributed by atoms with van der Waals surface area (Å²) in [5, 5.41) is 19.7. The Kier molecular flexibility index (Phi) is 4.06. The highest BCUT2D eigenvalue weighted by Gasteiger charge is 2.46. The van der Waals surface area contributed by atoms with Crippen LogP contribution in [0.3, 0.4) is 0 Å². The second-order valence-electron chi connectivity index (χ2n) is 7.57. The number of aromatic nitrogens is 4. The molecular weight excluding hydrogens is 340 g/mol. The first-order chi connectivity index (χ1) is 13.3. The Bertz CT molecular complexity index is 922. The van der Waals surface area contributed by atoms with Crippen LogP contribution in [0.15, 0.2) is 42.9 Å². The first kappa shape index (κ1) is 16.6. The van der Waals surface area contributed by atoms with Gasteiger partial charge in [0.2, 0.25) is 0 Å². The molecule has 2 saturated heterocycles. The molecule has 2 aliphatic rings. The van der Waals surface area contributed by atoms with Crippen molar-refractivity contribution in [3.63, 3.8) is 0 Å². The molecule has 2 aromatic heterocycles. The average molecular weight is 364 g/mol. The summed E-state index contributed by atoms with van der Waals surface area (Å²) in [6.07, 6.45) is 6.43. The Morgan fingerprint density at radius 3 is 2.70 bits per heavy atom. The third-order valence-electron chi connectivity index (χ3n) is 6.09. The van der Waals surface area contributed by atoms with Crippen LogP contribution in [-0.4, -0.2) is 62.4 Å². The first-order valence-electron chi connectivity index (χ1n) is 9.67. The van der Waals surface area contributed by atoms with Gasteiger partial charge in [0.15, 0.2) is 5.65 Å². The van der Waals surface area contributed by atoms with Gasteiger partial charge in [-0.15, -0.1) is 0 Å². The van der Waals surface area contributed by atoms with Crippen LogP contribution in [0.2, 0.25) is 0 Å². The molecule has 5 rings (SSSR count). The van der Waals surface area contributed by atoms with Gasteiger partial charge in [-0.1, -0.05) is 30.3 Å². The van der Waals surface area contributed by atoms with Gasteiger partial charge in [-0.2, -0.15) is 5.10 Å². The van der Waals surface area contributed by atoms with E-state index in [9.17, 15) is 5.11 Å². The minimum atomic E-state index is -0.843. The second-order valence-corrected chi connectivity index (χ2v) is 7.57. The maximum Gasteiger partial charge on any atom is 0.160 e. The summed E-state index contributed by atoms with van der Waals surface area (Å²) in [5.41, 5.74) is 0.921. The fraction of sp³-hybridized carbons (Fsp3) is 0.450. The molecular formula is C20H24N6O. The van der Waals surface area contributed by atoms with E-state index in [1.165, 1.54) is 12.8 Å². The normalized spacial score (nSPS) is 26.7. The van der Waals surface area contributed by atoms with Gasteiger partial charge in [-0.25, -0.2) is 9.97 Å². The molecule has 7 heteroatoms. The number of fused-ring (bicyclic) bond motifs is 1. The van der Waals surface area contributed by atoms with Crippen molar-refractivity contribution in [2.45, 2.75) is 30.9 Å². The minimum Gasteiger partial charge on any atom is -0.383 e. The summed E-state index contributed by atoms with van der Waals surface area (Å²) in [5.74, 6) is 0.896. The summed E-state index contributed by atoms with van der Waals surface area (Å²) in [6.45, 7) is 3.56. The van der Waals surface area contributed by atoms with Crippen LogP contribution in [0, 0.1) is 0 Å². The number of hydrogen-bond donors (Lipinski definition) is 2. The van der Waals surface area contributed by atoms with Gasteiger partial charge >= 0.3 is 0 Å². The number of hydrogen-bond acceptors (Lipinski definition) is 6. The quantitative estimate of drug-likeness (QED) is 0.739. The molecule has 2 aliphatic heterocycles. The van der Waals surface area contributed by atoms with Crippen LogP contribution in [-0.2, 0) is 5.60 Å². The maximum absolute atomic E-state index is 11.8. The Morgan fingerprint density at radius 2 is 1.89 bits per heavy atom. The number of likely N-dealkylation sites (tertiary alicyclic amines) is 1. The molecule has 1 aromatic carbocycles. The zero-order chi connectivity index (χ0) is 18.3. The number of aromatic amines is 1. The van der Waals surface area contributed by atoms with Crippen molar-refractivity contribution in [1.29, 1.82) is 0 Å². The lowest BCUT2D eigenvalue weighted by molar-refractivity contribution is -0.0602. The van der Waals surface area contributed by atoms with Crippen molar-refractivity contribution in [3.8, 4) is 0 Å². The Balaban J connectivity index is 1.52. The van der Waals surface area contributed by atoms with Crippen molar-refractivity contribution in [1.82, 2.24) is 25.1 Å². The average Bonchev–Trinajstić information content (AvgIpc) is 3.41. The van der Waals surface area contributed by atoms with Crippen LogP contribution >= 0.6 is 0 Å². The Morgan fingerprint density at radius 1 is 1.07 bits per heavy atom. The smallest absolute Gasteiger partial charge is 0.160 e. The van der Waals surface area contributed by atoms with E-state index in [4.69, 9.17) is 0 Å². The van der Waals surface area contributed by atoms with E-state index >= 15 is 0 Å². The topological polar surface area (TPSA) is 81.2 Å². The molecule has 0 unspecified atom stereocenters. The molecule has 0 aliphatic carbocycles. The number of H-pyrrole nitrogens is 1. The monoisotopic (exact) mass is 364 g/mol. The molecule has 140 valence electrons. The molecule has 2 fully saturated rings. The molecule has 4 heterocycles. The third kappa shape index (κ3) is 2.78. The summed E-state index contributed by atoms with van der Waals surface area (Å²) in [6, 6.07) is 10.2. The number of anilines is 1. The minimum absolute atomic E-state index is 0.0352. The molecule has 27 heavy (non-hydrogen) atoms. The van der Waals surface area contributed by atoms with E-state index in [2.05, 4.69) is 42.1 Å². The van der Waals surface area contributed by atoms with Crippen LogP contribution in [0.4, 0.5) is 5.82 Å². The van der Waals surface area contributed by atoms with E-state index in [0.717, 1.165) is 48.6 Å². The van der Waals surface area contributed by atoms with Gasteiger partial charge in [-0.05, 0) is 37.9 Å². The molecule has 0 bridgehead atoms. The molecule has 0 spiro atoms. The number of benzene rings is 1. The molecule has 3 aromatic rings. The summed E-state index contributed by atoms with van der Waals surface area (Å²) in [7, 11) is 0. The van der Waals surface area contributed by atoms with Crippen molar-refractivity contribution < 1.29 is 5.11 Å². The van der Waals surface area contributed by atoms with Crippen molar-refractivity contribution >= 4 is 16.9 Å². The standard InChI is InChI=1S/C20H24N6O/c27-20(15-6-2-1-3-7-15)8-11-26(13-17(20)25-9-4-5-10-25)19-16-12-23-24-18(16)21-14-22-19/h1-3,6-7,12,14,17,27H,4-5,8-11,13H2,(H,21,22,23,24)/t17-,20+/m1/s1. The second kappa shape index (κ2) is 6.58. The number of rotatable bonds is 3. The van der Waals surface area contributed by atoms with E-state index in [0.29, 0.717) is 6.42 Å². The number of nitrogens with zero attached hydrogens (tertiary/aromatic N) is 5. The predicted octanol–water partition coefficient (Wildman–Crippen LogP) is 1.92. The van der Waals surface area contributed by atoms with Gasteiger partial charge in [0, 0.05) is 13.1 Å². The predicted molar refractivity (Wildman–Crippen MR) is 103 cm³/mol. The van der Waals surface area contributed by atoms with Gasteiger partial charge in [-0.3, -0.25) is 10.00 Å². The highest BCUT2D eigenvalue weighted by atomic mass is 16.3. The maximum atomic E-state index is 11.8. The molecule has 2 N–H and O–H groups in total. The van der Waals surface area contributed by atoms with Crippen LogP contribution < -0.4 is 4.90 Å². The van der Waals surface area contributed by atoms with Gasteiger partial charge in [0.05, 0.1) is 17.6 Å². The first-order valence-corrected chi connectivity index (χ1v) is 9.67. The fourth-order valence-corrected chi connectivity index (χ4v) is 4.65. The number of nitrogens with one attached hydrogen (secondary N) is 1. The summed E-state index contributed by atoms with van der Waals surface area (Å²) in [4.78, 5) is 13.5. The lowest BCUT2D eigenvalue weighted by atomic mass is 9.79. The summed E-state index contributed by atoms with van der Waals surface area (Å²) < 4.78 is 0.